The van der Waals surface area contributed by atoms with Gasteiger partial charge in [-0.25, -0.2) is 18.7 Å². The summed E-state index contributed by atoms with van der Waals surface area (Å²) in [5.41, 5.74) is 0.849. The standard InChI is InChI=1S/C46H54ClF2N4O10PS/c1-26(2)50-45-52-36(25-65-45)35-19-40(31-11-12-39(59-3)42(47)43(31)51-35)62-30-18-37-38(54)21-46(64(57,58)24-32-33(48)9-6-10-34(32)49)20-28(46)13-14-60-15-16-61-23-27(44(56)53(37)22-30)17-41(55)63-29-7-4-5-8-29/h6,9-12,19,25-30,37H,4-5,7-8,13-18,20-24H2,1-3H3,(H,50,52)(H,57,58)/t27-,28-,30+,37-,46+/m0/s1. The molecular weight excluding hydrogens is 905 g/mol. The van der Waals surface area contributed by atoms with Gasteiger partial charge in [-0.1, -0.05) is 17.7 Å². The van der Waals surface area contributed by atoms with E-state index in [9.17, 15) is 32.6 Å². The summed E-state index contributed by atoms with van der Waals surface area (Å²) in [4.78, 5) is 66.0. The highest BCUT2D eigenvalue weighted by Gasteiger charge is 2.66. The normalized spacial score (nSPS) is 25.4. The lowest BCUT2D eigenvalue weighted by molar-refractivity contribution is -0.155. The van der Waals surface area contributed by atoms with Crippen molar-refractivity contribution in [3.63, 3.8) is 0 Å². The Morgan fingerprint density at radius 2 is 1.80 bits per heavy atom. The van der Waals surface area contributed by atoms with Crippen molar-refractivity contribution in [3.8, 4) is 22.9 Å². The zero-order valence-electron chi connectivity index (χ0n) is 36.6. The molecule has 4 fully saturated rings. The van der Waals surface area contributed by atoms with Gasteiger partial charge < -0.3 is 38.8 Å². The summed E-state index contributed by atoms with van der Waals surface area (Å²) in [5.74, 6) is -4.33. The first-order chi connectivity index (χ1) is 31.2. The van der Waals surface area contributed by atoms with Crippen molar-refractivity contribution in [1.82, 2.24) is 14.9 Å². The molecule has 4 heterocycles. The lowest BCUT2D eigenvalue weighted by atomic mass is 9.99. The Morgan fingerprint density at radius 3 is 2.54 bits per heavy atom. The molecule has 2 saturated heterocycles. The van der Waals surface area contributed by atoms with Gasteiger partial charge in [-0.3, -0.25) is 18.9 Å². The van der Waals surface area contributed by atoms with E-state index < -0.39 is 83.9 Å². The van der Waals surface area contributed by atoms with Crippen molar-refractivity contribution in [1.29, 1.82) is 0 Å². The summed E-state index contributed by atoms with van der Waals surface area (Å²) in [5, 5.41) is 5.08. The summed E-state index contributed by atoms with van der Waals surface area (Å²) in [6, 6.07) is 7.37. The maximum atomic E-state index is 15.0. The smallest absolute Gasteiger partial charge is 0.306 e. The van der Waals surface area contributed by atoms with Crippen molar-refractivity contribution < 1.29 is 56.3 Å². The molecule has 350 valence electrons. The summed E-state index contributed by atoms with van der Waals surface area (Å²) < 4.78 is 74.3. The topological polar surface area (TPSA) is 176 Å². The zero-order chi connectivity index (χ0) is 46.0. The second kappa shape index (κ2) is 19.9. The Bertz CT molecular complexity index is 2450. The quantitative estimate of drug-likeness (QED) is 0.102. The minimum absolute atomic E-state index is 0.0194. The third-order valence-corrected chi connectivity index (χ3v) is 16.9. The number of nitrogens with one attached hydrogen (secondary N) is 1. The Labute approximate surface area is 385 Å². The number of esters is 1. The maximum Gasteiger partial charge on any atom is 0.306 e. The second-order valence-electron chi connectivity index (χ2n) is 17.8. The molecule has 0 bridgehead atoms. The van der Waals surface area contributed by atoms with Gasteiger partial charge in [0.15, 0.2) is 10.9 Å². The highest BCUT2D eigenvalue weighted by atomic mass is 35.5. The molecule has 2 aromatic heterocycles. The van der Waals surface area contributed by atoms with Crippen molar-refractivity contribution in [3.05, 3.63) is 64.0 Å². The van der Waals surface area contributed by atoms with Crippen LogP contribution in [0.2, 0.25) is 5.02 Å². The van der Waals surface area contributed by atoms with Crippen molar-refractivity contribution >= 4 is 64.0 Å². The number of hydrogen-bond donors (Lipinski definition) is 2. The van der Waals surface area contributed by atoms with Crippen LogP contribution in [-0.4, -0.2) is 107 Å². The van der Waals surface area contributed by atoms with Crippen LogP contribution in [0, 0.1) is 23.5 Å². The number of rotatable bonds is 12. The largest absolute Gasteiger partial charge is 0.495 e. The molecule has 6 atom stereocenters. The molecule has 19 heteroatoms. The lowest BCUT2D eigenvalue weighted by Gasteiger charge is -2.30. The minimum Gasteiger partial charge on any atom is -0.495 e. The first-order valence-corrected chi connectivity index (χ1v) is 25.3. The highest BCUT2D eigenvalue weighted by molar-refractivity contribution is 7.59. The van der Waals surface area contributed by atoms with Crippen LogP contribution in [0.15, 0.2) is 41.8 Å². The molecule has 2 aromatic carbocycles. The summed E-state index contributed by atoms with van der Waals surface area (Å²) >= 11 is 8.27. The van der Waals surface area contributed by atoms with Crippen molar-refractivity contribution in [2.75, 3.05) is 45.4 Å². The van der Waals surface area contributed by atoms with Gasteiger partial charge in [-0.05, 0) is 82.6 Å². The van der Waals surface area contributed by atoms with Gasteiger partial charge in [-0.2, -0.15) is 0 Å². The molecule has 2 N–H and O–H groups in total. The molecule has 4 aliphatic rings. The van der Waals surface area contributed by atoms with E-state index in [1.165, 1.54) is 29.4 Å². The van der Waals surface area contributed by atoms with E-state index in [-0.39, 0.29) is 69.4 Å². The number of fused-ring (bicyclic) bond motifs is 3. The third-order valence-electron chi connectivity index (χ3n) is 12.9. The zero-order valence-corrected chi connectivity index (χ0v) is 39.0. The summed E-state index contributed by atoms with van der Waals surface area (Å²) in [7, 11) is -3.02. The number of methoxy groups -OCH3 is 1. The van der Waals surface area contributed by atoms with Crippen LogP contribution in [0.1, 0.15) is 77.2 Å². The van der Waals surface area contributed by atoms with Crippen LogP contribution in [0.3, 0.4) is 0 Å². The fourth-order valence-electron chi connectivity index (χ4n) is 9.46. The average Bonchev–Trinajstić information content (AvgIpc) is 3.68. The molecule has 2 saturated carbocycles. The number of nitrogens with zero attached hydrogens (tertiary/aromatic N) is 3. The van der Waals surface area contributed by atoms with Gasteiger partial charge in [0, 0.05) is 47.9 Å². The number of ether oxygens (including phenoxy) is 5. The summed E-state index contributed by atoms with van der Waals surface area (Å²) in [6.45, 7) is 4.16. The van der Waals surface area contributed by atoms with E-state index in [1.807, 2.05) is 19.2 Å². The molecule has 1 amide bonds. The number of benzene rings is 2. The Kier molecular flexibility index (Phi) is 14.5. The molecule has 8 rings (SSSR count). The summed E-state index contributed by atoms with van der Waals surface area (Å²) in [6.07, 6.45) is 1.19. The molecule has 0 spiro atoms. The second-order valence-corrected chi connectivity index (χ2v) is 21.6. The van der Waals surface area contributed by atoms with Gasteiger partial charge in [0.1, 0.15) is 46.1 Å². The van der Waals surface area contributed by atoms with Crippen molar-refractivity contribution in [2.45, 2.75) is 107 Å². The number of carbonyl (C=O) groups is 3. The van der Waals surface area contributed by atoms with Crippen LogP contribution < -0.4 is 14.8 Å². The molecule has 14 nitrogen and oxygen atoms in total. The van der Waals surface area contributed by atoms with Gasteiger partial charge in [0.2, 0.25) is 13.3 Å². The molecule has 4 aromatic rings. The van der Waals surface area contributed by atoms with E-state index in [0.717, 1.165) is 37.8 Å². The number of carbonyl (C=O) groups excluding carboxylic acids is 3. The Balaban J connectivity index is 1.14. The minimum atomic E-state index is -4.52. The molecule has 65 heavy (non-hydrogen) atoms. The van der Waals surface area contributed by atoms with Crippen LogP contribution in [-0.2, 0) is 39.3 Å². The molecular formula is C46H54ClF2N4O10PS. The number of thiazole rings is 1. The van der Waals surface area contributed by atoms with Crippen LogP contribution in [0.5, 0.6) is 11.5 Å². The average molecular weight is 959 g/mol. The molecule has 2 aliphatic carbocycles. The van der Waals surface area contributed by atoms with E-state index in [4.69, 9.17) is 45.3 Å². The number of Topliss-reactive ketones (excluding diaryl/α,β-unsaturated/α-hetero) is 1. The predicted octanol–water partition coefficient (Wildman–Crippen LogP) is 8.58. The number of ketones is 1. The highest BCUT2D eigenvalue weighted by Crippen LogP contribution is 2.74. The Morgan fingerprint density at radius 1 is 1.05 bits per heavy atom. The van der Waals surface area contributed by atoms with E-state index in [1.54, 1.807) is 18.2 Å². The van der Waals surface area contributed by atoms with Gasteiger partial charge in [0.05, 0.1) is 74.4 Å². The van der Waals surface area contributed by atoms with Crippen LogP contribution in [0.25, 0.3) is 22.3 Å². The van der Waals surface area contributed by atoms with Crippen LogP contribution in [0.4, 0.5) is 13.9 Å². The first-order valence-electron chi connectivity index (χ1n) is 22.2. The van der Waals surface area contributed by atoms with Gasteiger partial charge >= 0.3 is 5.97 Å². The lowest BCUT2D eigenvalue weighted by Crippen LogP contribution is -2.46. The molecule has 0 radical (unpaired) electrons. The number of amides is 1. The molecule has 2 aliphatic heterocycles. The fourth-order valence-corrected chi connectivity index (χ4v) is 13.2. The van der Waals surface area contributed by atoms with Gasteiger partial charge in [-0.15, -0.1) is 11.3 Å². The Hall–Kier alpha value is -4.25. The van der Waals surface area contributed by atoms with E-state index in [2.05, 4.69) is 5.32 Å². The van der Waals surface area contributed by atoms with Crippen LogP contribution >= 0.6 is 30.3 Å². The maximum absolute atomic E-state index is 15.0. The number of halogens is 3. The fraction of sp³-hybridized carbons (Fsp3) is 0.543. The number of hydrogen-bond acceptors (Lipinski definition) is 13. The first kappa shape index (κ1) is 47.3. The third kappa shape index (κ3) is 10.4. The monoisotopic (exact) mass is 958 g/mol. The van der Waals surface area contributed by atoms with Crippen molar-refractivity contribution in [2.24, 2.45) is 11.8 Å². The molecule has 1 unspecified atom stereocenters. The number of anilines is 1. The SMILES string of the molecule is COc1ccc2c(O[C@@H]3C[C@H]4C(=O)C[C@]5(P(=O)(O)Cc6c(F)cccc6F)C[C@@H]5CCOCCOC[C@H](CC(=O)OC5CCCC5)C(=O)N4C3)cc(-c3csc(NC(C)C)n3)nc2c1Cl. The number of pyridine rings is 1. The predicted molar refractivity (Wildman–Crippen MR) is 241 cm³/mol. The van der Waals surface area contributed by atoms with E-state index in [0.29, 0.717) is 45.3 Å². The number of aromatic nitrogens is 2. The van der Waals surface area contributed by atoms with Gasteiger partial charge in [0.25, 0.3) is 0 Å². The van der Waals surface area contributed by atoms with E-state index >= 15 is 0 Å².